The summed E-state index contributed by atoms with van der Waals surface area (Å²) in [4.78, 5) is 0. The Balaban J connectivity index is 1.57. The minimum atomic E-state index is -4.50. The summed E-state index contributed by atoms with van der Waals surface area (Å²) in [7, 11) is -4.50. The summed E-state index contributed by atoms with van der Waals surface area (Å²) in [5, 5.41) is 22.6. The first kappa shape index (κ1) is 31.7. The molecule has 0 aliphatic heterocycles. The van der Waals surface area contributed by atoms with Gasteiger partial charge in [0.1, 0.15) is 0 Å². The Kier molecular flexibility index (Phi) is 8.54. The van der Waals surface area contributed by atoms with Gasteiger partial charge >= 0.3 is 10.4 Å². The van der Waals surface area contributed by atoms with Crippen LogP contribution in [0.5, 0.6) is 0 Å². The largest absolute Gasteiger partial charge is 0.397 e. The van der Waals surface area contributed by atoms with Crippen LogP contribution >= 0.6 is 0 Å². The van der Waals surface area contributed by atoms with Crippen LogP contribution in [0.3, 0.4) is 0 Å². The molecule has 4 aliphatic rings. The van der Waals surface area contributed by atoms with Crippen LogP contribution in [-0.2, 0) is 14.6 Å². The van der Waals surface area contributed by atoms with Crippen molar-refractivity contribution in [1.29, 1.82) is 0 Å². The van der Waals surface area contributed by atoms with Gasteiger partial charge in [0.25, 0.3) is 0 Å². The van der Waals surface area contributed by atoms with Crippen LogP contribution in [0.4, 0.5) is 0 Å². The first-order valence-corrected chi connectivity index (χ1v) is 17.2. The Morgan fingerprint density at radius 3 is 2.08 bits per heavy atom. The van der Waals surface area contributed by atoms with Gasteiger partial charge in [-0.2, -0.15) is 8.42 Å². The van der Waals surface area contributed by atoms with Crippen molar-refractivity contribution in [3.05, 3.63) is 0 Å². The number of hydrogen-bond donors (Lipinski definition) is 3. The second-order valence-corrected chi connectivity index (χ2v) is 17.3. The van der Waals surface area contributed by atoms with Crippen LogP contribution < -0.4 is 0 Å². The molecule has 3 N–H and O–H groups in total. The number of rotatable bonds is 8. The predicted molar refractivity (Wildman–Crippen MR) is 155 cm³/mol. The lowest BCUT2D eigenvalue weighted by atomic mass is 9.41. The van der Waals surface area contributed by atoms with Crippen molar-refractivity contribution in [2.24, 2.45) is 63.1 Å². The number of fused-ring (bicyclic) bond motifs is 5. The number of hydrogen-bond acceptors (Lipinski definition) is 5. The fourth-order valence-corrected chi connectivity index (χ4v) is 11.8. The summed E-state index contributed by atoms with van der Waals surface area (Å²) in [6.07, 6.45) is 8.17. The maximum absolute atomic E-state index is 12.0. The zero-order valence-electron chi connectivity index (χ0n) is 26.1. The monoisotopic (exact) mass is 570 g/mol. The third-order valence-corrected chi connectivity index (χ3v) is 14.1. The zero-order valence-corrected chi connectivity index (χ0v) is 26.9. The summed E-state index contributed by atoms with van der Waals surface area (Å²) in [5.74, 6) is 3.02. The van der Waals surface area contributed by atoms with Crippen molar-refractivity contribution in [3.63, 3.8) is 0 Å². The summed E-state index contributed by atoms with van der Waals surface area (Å²) >= 11 is 0. The van der Waals surface area contributed by atoms with E-state index in [0.29, 0.717) is 35.5 Å². The molecule has 0 bridgehead atoms. The third kappa shape index (κ3) is 5.50. The highest BCUT2D eigenvalue weighted by Crippen LogP contribution is 2.70. The van der Waals surface area contributed by atoms with E-state index in [1.165, 1.54) is 25.7 Å². The molecule has 39 heavy (non-hydrogen) atoms. The number of aliphatic hydroxyl groups excluding tert-OH is 2. The van der Waals surface area contributed by atoms with E-state index in [9.17, 15) is 23.2 Å². The van der Waals surface area contributed by atoms with Gasteiger partial charge in [-0.15, -0.1) is 0 Å². The van der Waals surface area contributed by atoms with Crippen LogP contribution in [0.25, 0.3) is 0 Å². The van der Waals surface area contributed by atoms with Crippen molar-refractivity contribution in [2.45, 2.75) is 138 Å². The molecule has 0 heterocycles. The van der Waals surface area contributed by atoms with E-state index < -0.39 is 21.9 Å². The van der Waals surface area contributed by atoms with Crippen molar-refractivity contribution in [2.75, 3.05) is 0 Å². The molecule has 6 nitrogen and oxygen atoms in total. The smallest absolute Gasteiger partial charge is 0.393 e. The zero-order chi connectivity index (χ0) is 29.3. The lowest BCUT2D eigenvalue weighted by molar-refractivity contribution is -0.204. The highest BCUT2D eigenvalue weighted by Gasteiger charge is 2.65. The van der Waals surface area contributed by atoms with E-state index >= 15 is 0 Å². The molecule has 4 fully saturated rings. The highest BCUT2D eigenvalue weighted by atomic mass is 32.3. The van der Waals surface area contributed by atoms with E-state index in [2.05, 4.69) is 41.5 Å². The summed E-state index contributed by atoms with van der Waals surface area (Å²) in [6.45, 7) is 20.0. The summed E-state index contributed by atoms with van der Waals surface area (Å²) in [6, 6.07) is 0. The summed E-state index contributed by atoms with van der Waals surface area (Å²) in [5.41, 5.74) is -0.114. The van der Waals surface area contributed by atoms with Crippen LogP contribution in [0.1, 0.15) is 120 Å². The summed E-state index contributed by atoms with van der Waals surface area (Å²) < 4.78 is 37.1. The fourth-order valence-electron chi connectivity index (χ4n) is 11.2. The second kappa shape index (κ2) is 10.5. The molecule has 3 unspecified atom stereocenters. The van der Waals surface area contributed by atoms with E-state index in [1.807, 2.05) is 13.8 Å². The quantitative estimate of drug-likeness (QED) is 0.274. The average Bonchev–Trinajstić information content (AvgIpc) is 3.15. The van der Waals surface area contributed by atoms with Crippen molar-refractivity contribution in [3.8, 4) is 0 Å². The van der Waals surface area contributed by atoms with E-state index in [0.717, 1.165) is 32.1 Å². The molecule has 0 saturated heterocycles. The molecule has 4 saturated carbocycles. The van der Waals surface area contributed by atoms with E-state index in [1.54, 1.807) is 6.92 Å². The van der Waals surface area contributed by atoms with Gasteiger partial charge in [-0.05, 0) is 121 Å². The van der Waals surface area contributed by atoms with Crippen molar-refractivity contribution < 1.29 is 27.4 Å². The molecule has 0 amide bonds. The standard InChI is InChI=1S/C32H58O6S/c1-10-22-26-17-21(33)13-15-32(26,9)25-14-16-31(8)23(11-12-24(31)27(25)28(22)34)19(2)29(4,5)18-30(6,7)20(3)38-39(35,36)37/h19-28,33-34H,10-18H2,1-9H3,(H,35,36,37)/t19-,20-,21+,22+,23+,24?,25?,26-,27?,28+,31+,32+/m0/s1. The Labute approximate surface area is 239 Å². The molecule has 0 aromatic rings. The average molecular weight is 571 g/mol. The van der Waals surface area contributed by atoms with Crippen molar-refractivity contribution in [1.82, 2.24) is 0 Å². The highest BCUT2D eigenvalue weighted by molar-refractivity contribution is 7.80. The molecular formula is C32H58O6S. The Bertz CT molecular complexity index is 993. The lowest BCUT2D eigenvalue weighted by Gasteiger charge is -2.65. The Morgan fingerprint density at radius 1 is 0.897 bits per heavy atom. The molecule has 0 spiro atoms. The minimum Gasteiger partial charge on any atom is -0.393 e. The lowest BCUT2D eigenvalue weighted by Crippen LogP contribution is -2.62. The van der Waals surface area contributed by atoms with E-state index in [-0.39, 0.29) is 34.4 Å². The Morgan fingerprint density at radius 2 is 1.49 bits per heavy atom. The molecule has 4 rings (SSSR count). The van der Waals surface area contributed by atoms with Gasteiger partial charge in [0.15, 0.2) is 0 Å². The van der Waals surface area contributed by atoms with Gasteiger partial charge in [-0.3, -0.25) is 4.55 Å². The van der Waals surface area contributed by atoms with Gasteiger partial charge in [-0.1, -0.05) is 61.8 Å². The van der Waals surface area contributed by atoms with Gasteiger partial charge in [0, 0.05) is 0 Å². The van der Waals surface area contributed by atoms with Gasteiger partial charge in [0.05, 0.1) is 18.3 Å². The first-order valence-electron chi connectivity index (χ1n) is 15.8. The van der Waals surface area contributed by atoms with Gasteiger partial charge < -0.3 is 10.2 Å². The molecule has 4 aliphatic carbocycles. The normalized spacial score (nSPS) is 44.7. The maximum Gasteiger partial charge on any atom is 0.397 e. The van der Waals surface area contributed by atoms with Crippen molar-refractivity contribution >= 4 is 10.4 Å². The second-order valence-electron chi connectivity index (χ2n) is 16.2. The molecule has 0 radical (unpaired) electrons. The van der Waals surface area contributed by atoms with Gasteiger partial charge in [-0.25, -0.2) is 4.18 Å². The molecular weight excluding hydrogens is 512 g/mol. The van der Waals surface area contributed by atoms with Crippen LogP contribution in [-0.4, -0.2) is 41.5 Å². The van der Waals surface area contributed by atoms with Gasteiger partial charge in [0.2, 0.25) is 0 Å². The van der Waals surface area contributed by atoms with Crippen LogP contribution in [0.15, 0.2) is 0 Å². The topological polar surface area (TPSA) is 104 Å². The maximum atomic E-state index is 12.0. The third-order valence-electron chi connectivity index (χ3n) is 13.6. The predicted octanol–water partition coefficient (Wildman–Crippen LogP) is 6.90. The molecule has 0 aromatic carbocycles. The molecule has 7 heteroatoms. The van der Waals surface area contributed by atoms with E-state index in [4.69, 9.17) is 4.18 Å². The number of aliphatic hydroxyl groups is 2. The molecule has 228 valence electrons. The van der Waals surface area contributed by atoms with Crippen LogP contribution in [0.2, 0.25) is 0 Å². The fraction of sp³-hybridized carbons (Fsp3) is 1.00. The molecule has 0 aromatic heterocycles. The SMILES string of the molecule is CC[C@H]1[C@@H](O)C2C3CC[C@H]([C@H](C)C(C)(C)CC(C)(C)[C@H](C)OS(=O)(=O)O)[C@@]3(C)CCC2[C@@]2(C)CC[C@@H](O)C[C@@H]12. The molecule has 12 atom stereocenters. The Hall–Kier alpha value is -0.210. The van der Waals surface area contributed by atoms with Crippen LogP contribution in [0, 0.1) is 63.1 Å². The first-order chi connectivity index (χ1) is 17.8. The minimum absolute atomic E-state index is 0.0620.